The smallest absolute Gasteiger partial charge is 0.193 e. The van der Waals surface area contributed by atoms with E-state index in [1.807, 2.05) is 35.2 Å². The fourth-order valence-electron chi connectivity index (χ4n) is 2.83. The third kappa shape index (κ3) is 4.01. The van der Waals surface area contributed by atoms with Gasteiger partial charge in [0.15, 0.2) is 17.6 Å². The number of hydrogen-bond donors (Lipinski definition) is 2. The molecule has 1 unspecified atom stereocenters. The Labute approximate surface area is 140 Å². The van der Waals surface area contributed by atoms with E-state index < -0.39 is 11.6 Å². The highest BCUT2D eigenvalue weighted by molar-refractivity contribution is 5.92. The number of hydrogen-bond acceptors (Lipinski definition) is 2. The Hall–Kier alpha value is -2.63. The second-order valence-electron chi connectivity index (χ2n) is 5.92. The number of anilines is 2. The van der Waals surface area contributed by atoms with E-state index in [1.54, 1.807) is 6.07 Å². The highest BCUT2D eigenvalue weighted by Gasteiger charge is 2.23. The van der Waals surface area contributed by atoms with Gasteiger partial charge in [0.1, 0.15) is 0 Å². The van der Waals surface area contributed by atoms with Crippen LogP contribution in [0.3, 0.4) is 0 Å². The zero-order chi connectivity index (χ0) is 16.9. The van der Waals surface area contributed by atoms with Crippen molar-refractivity contribution in [3.8, 4) is 0 Å². The third-order valence-corrected chi connectivity index (χ3v) is 4.12. The minimum absolute atomic E-state index is 0.342. The molecule has 1 fully saturated rings. The van der Waals surface area contributed by atoms with E-state index in [1.165, 1.54) is 6.07 Å². The molecule has 0 bridgehead atoms. The molecule has 0 radical (unpaired) electrons. The predicted molar refractivity (Wildman–Crippen MR) is 93.2 cm³/mol. The summed E-state index contributed by atoms with van der Waals surface area (Å²) in [6.45, 7) is 2.16. The maximum absolute atomic E-state index is 13.3. The van der Waals surface area contributed by atoms with Gasteiger partial charge in [-0.2, -0.15) is 0 Å². The van der Waals surface area contributed by atoms with Crippen LogP contribution in [0.15, 0.2) is 53.5 Å². The number of nitrogens with two attached hydrogens (primary N) is 1. The summed E-state index contributed by atoms with van der Waals surface area (Å²) in [5.74, 6) is -0.911. The van der Waals surface area contributed by atoms with Crippen LogP contribution in [0.25, 0.3) is 0 Å². The van der Waals surface area contributed by atoms with Gasteiger partial charge >= 0.3 is 0 Å². The van der Waals surface area contributed by atoms with E-state index in [-0.39, 0.29) is 0 Å². The van der Waals surface area contributed by atoms with Crippen molar-refractivity contribution in [2.45, 2.75) is 6.42 Å². The molecule has 2 aromatic carbocycles. The monoisotopic (exact) mass is 330 g/mol. The van der Waals surface area contributed by atoms with E-state index in [4.69, 9.17) is 5.73 Å². The molecule has 1 aliphatic rings. The van der Waals surface area contributed by atoms with Gasteiger partial charge in [-0.25, -0.2) is 8.78 Å². The first kappa shape index (κ1) is 16.2. The molecule has 1 saturated heterocycles. The molecule has 6 heteroatoms. The van der Waals surface area contributed by atoms with Gasteiger partial charge in [-0.3, -0.25) is 4.99 Å². The Kier molecular flexibility index (Phi) is 4.93. The van der Waals surface area contributed by atoms with E-state index in [0.29, 0.717) is 24.1 Å². The summed E-state index contributed by atoms with van der Waals surface area (Å²) < 4.78 is 26.4. The molecule has 1 aliphatic heterocycles. The Morgan fingerprint density at radius 2 is 1.96 bits per heavy atom. The Morgan fingerprint density at radius 1 is 1.17 bits per heavy atom. The van der Waals surface area contributed by atoms with Crippen molar-refractivity contribution in [1.29, 1.82) is 0 Å². The van der Waals surface area contributed by atoms with Crippen LogP contribution in [0.1, 0.15) is 6.42 Å². The highest BCUT2D eigenvalue weighted by atomic mass is 19.2. The third-order valence-electron chi connectivity index (χ3n) is 4.12. The number of para-hydroxylation sites is 1. The average Bonchev–Trinajstić information content (AvgIpc) is 3.05. The Morgan fingerprint density at radius 3 is 2.71 bits per heavy atom. The van der Waals surface area contributed by atoms with Crippen molar-refractivity contribution in [3.63, 3.8) is 0 Å². The molecule has 126 valence electrons. The highest BCUT2D eigenvalue weighted by Crippen LogP contribution is 2.25. The molecular formula is C18H20F2N4. The maximum Gasteiger partial charge on any atom is 0.193 e. The van der Waals surface area contributed by atoms with Gasteiger partial charge in [0, 0.05) is 37.1 Å². The molecule has 24 heavy (non-hydrogen) atoms. The summed E-state index contributed by atoms with van der Waals surface area (Å²) in [6.07, 6.45) is 0.946. The van der Waals surface area contributed by atoms with Crippen LogP contribution in [0.4, 0.5) is 20.2 Å². The van der Waals surface area contributed by atoms with Crippen LogP contribution in [0, 0.1) is 17.6 Å². The van der Waals surface area contributed by atoms with Crippen LogP contribution in [0.2, 0.25) is 0 Å². The lowest BCUT2D eigenvalue weighted by Crippen LogP contribution is -2.25. The lowest BCUT2D eigenvalue weighted by Gasteiger charge is -2.18. The normalized spacial score (nSPS) is 18.0. The van der Waals surface area contributed by atoms with Gasteiger partial charge in [-0.1, -0.05) is 18.2 Å². The summed E-state index contributed by atoms with van der Waals surface area (Å²) >= 11 is 0. The fraction of sp³-hybridized carbons (Fsp3) is 0.278. The fourth-order valence-corrected chi connectivity index (χ4v) is 2.83. The zero-order valence-electron chi connectivity index (χ0n) is 13.3. The van der Waals surface area contributed by atoms with Crippen molar-refractivity contribution in [2.24, 2.45) is 16.6 Å². The molecule has 0 amide bonds. The van der Waals surface area contributed by atoms with Crippen LogP contribution >= 0.6 is 0 Å². The minimum Gasteiger partial charge on any atom is -0.371 e. The molecule has 4 nitrogen and oxygen atoms in total. The lowest BCUT2D eigenvalue weighted by molar-refractivity contribution is 0.508. The minimum atomic E-state index is -0.821. The molecule has 0 aliphatic carbocycles. The van der Waals surface area contributed by atoms with Gasteiger partial charge < -0.3 is 16.0 Å². The zero-order valence-corrected chi connectivity index (χ0v) is 13.3. The number of halogens is 2. The van der Waals surface area contributed by atoms with Gasteiger partial charge in [0.05, 0.1) is 0 Å². The topological polar surface area (TPSA) is 53.6 Å². The molecule has 1 atom stereocenters. The summed E-state index contributed by atoms with van der Waals surface area (Å²) in [7, 11) is 0. The van der Waals surface area contributed by atoms with Crippen LogP contribution < -0.4 is 16.0 Å². The molecule has 3 N–H and O–H groups in total. The average molecular weight is 330 g/mol. The molecule has 1 heterocycles. The van der Waals surface area contributed by atoms with Crippen molar-refractivity contribution < 1.29 is 8.78 Å². The van der Waals surface area contributed by atoms with Crippen molar-refractivity contribution in [1.82, 2.24) is 0 Å². The first-order valence-electron chi connectivity index (χ1n) is 7.94. The van der Waals surface area contributed by atoms with E-state index in [0.717, 1.165) is 31.3 Å². The number of nitrogens with zero attached hydrogens (tertiary/aromatic N) is 2. The number of rotatable bonds is 4. The summed E-state index contributed by atoms with van der Waals surface area (Å²) in [6, 6.07) is 13.6. The van der Waals surface area contributed by atoms with Crippen LogP contribution in [0.5, 0.6) is 0 Å². The first-order valence-corrected chi connectivity index (χ1v) is 7.94. The Balaban J connectivity index is 1.54. The van der Waals surface area contributed by atoms with E-state index in [9.17, 15) is 8.78 Å². The van der Waals surface area contributed by atoms with Gasteiger partial charge in [-0.15, -0.1) is 0 Å². The molecule has 2 aromatic rings. The summed E-state index contributed by atoms with van der Waals surface area (Å²) in [4.78, 5) is 6.43. The quantitative estimate of drug-likeness (QED) is 0.668. The molecule has 0 aromatic heterocycles. The van der Waals surface area contributed by atoms with Crippen LogP contribution in [-0.2, 0) is 0 Å². The molecular weight excluding hydrogens is 310 g/mol. The Bertz CT molecular complexity index is 718. The summed E-state index contributed by atoms with van der Waals surface area (Å²) in [5, 5.41) is 3.05. The van der Waals surface area contributed by atoms with E-state index >= 15 is 0 Å². The van der Waals surface area contributed by atoms with E-state index in [2.05, 4.69) is 10.3 Å². The number of guanidine groups is 1. The van der Waals surface area contributed by atoms with Gasteiger partial charge in [-0.05, 0) is 36.6 Å². The largest absolute Gasteiger partial charge is 0.371 e. The van der Waals surface area contributed by atoms with Crippen LogP contribution in [-0.4, -0.2) is 25.6 Å². The van der Waals surface area contributed by atoms with Gasteiger partial charge in [0.2, 0.25) is 0 Å². The van der Waals surface area contributed by atoms with Crippen molar-refractivity contribution >= 4 is 17.3 Å². The number of benzene rings is 2. The van der Waals surface area contributed by atoms with Crippen molar-refractivity contribution in [3.05, 3.63) is 60.2 Å². The molecule has 0 saturated carbocycles. The second-order valence-corrected chi connectivity index (χ2v) is 5.92. The molecule has 3 rings (SSSR count). The SMILES string of the molecule is NC(=NCC1CCN(c2ccc(F)c(F)c2)C1)Nc1ccccc1. The standard InChI is InChI=1S/C18H20F2N4/c19-16-7-6-15(10-17(16)20)24-9-8-13(12-24)11-22-18(21)23-14-4-2-1-3-5-14/h1-7,10,13H,8-9,11-12H2,(H3,21,22,23). The molecule has 0 spiro atoms. The second kappa shape index (κ2) is 7.29. The number of nitrogens with one attached hydrogen (secondary N) is 1. The lowest BCUT2D eigenvalue weighted by atomic mass is 10.1. The first-order chi connectivity index (χ1) is 11.6. The van der Waals surface area contributed by atoms with Crippen molar-refractivity contribution in [2.75, 3.05) is 29.9 Å². The predicted octanol–water partition coefficient (Wildman–Crippen LogP) is 3.22. The summed E-state index contributed by atoms with van der Waals surface area (Å²) in [5.41, 5.74) is 7.50. The number of aliphatic imine (C=N–C) groups is 1. The maximum atomic E-state index is 13.3. The van der Waals surface area contributed by atoms with Gasteiger partial charge in [0.25, 0.3) is 0 Å².